The molecule has 0 radical (unpaired) electrons. The number of hydrogen-bond acceptors (Lipinski definition) is 5. The van der Waals surface area contributed by atoms with Gasteiger partial charge in [0.1, 0.15) is 11.5 Å². The van der Waals surface area contributed by atoms with Gasteiger partial charge in [0, 0.05) is 6.54 Å². The molecule has 0 aliphatic heterocycles. The quantitative estimate of drug-likeness (QED) is 0.454. The van der Waals surface area contributed by atoms with E-state index >= 15 is 0 Å². The molecule has 0 aliphatic rings. The molecule has 8 heteroatoms. The number of carbonyl (C=O) groups is 1. The largest absolute Gasteiger partial charge is 0.398 e. The summed E-state index contributed by atoms with van der Waals surface area (Å²) < 4.78 is 31.0. The molecule has 0 spiro atoms. The molecule has 5 N–H and O–H groups in total. The fourth-order valence-electron chi connectivity index (χ4n) is 1.41. The van der Waals surface area contributed by atoms with E-state index in [0.29, 0.717) is 0 Å². The highest BCUT2D eigenvalue weighted by Crippen LogP contribution is 2.18. The Bertz CT molecular complexity index is 557. The van der Waals surface area contributed by atoms with Gasteiger partial charge in [0.25, 0.3) is 0 Å². The second-order valence-electron chi connectivity index (χ2n) is 3.96. The summed E-state index contributed by atoms with van der Waals surface area (Å²) in [5.74, 6) is -0.606. The molecular weight excluding hydrogens is 270 g/mol. The second-order valence-corrected chi connectivity index (χ2v) is 5.69. The third-order valence-corrected chi connectivity index (χ3v) is 3.77. The van der Waals surface area contributed by atoms with E-state index in [1.807, 2.05) is 6.92 Å². The molecule has 0 atom stereocenters. The predicted octanol–water partition coefficient (Wildman–Crippen LogP) is -0.643. The van der Waals surface area contributed by atoms with Crippen molar-refractivity contribution in [2.24, 2.45) is 5.73 Å². The van der Waals surface area contributed by atoms with Gasteiger partial charge in [0.05, 0.1) is 12.3 Å². The molecule has 0 aromatic heterocycles. The number of carbonyl (C=O) groups excluding carboxylic acids is 1. The number of benzene rings is 1. The maximum absolute atomic E-state index is 11.9. The molecule has 1 rings (SSSR count). The Morgan fingerprint density at radius 2 is 2.11 bits per heavy atom. The molecule has 0 aliphatic carbocycles. The van der Waals surface area contributed by atoms with E-state index in [4.69, 9.17) is 16.2 Å². The number of sulfonamides is 1. The topological polar surface area (TPSA) is 125 Å². The van der Waals surface area contributed by atoms with Crippen LogP contribution in [0.4, 0.5) is 5.69 Å². The number of rotatable bonds is 7. The highest BCUT2D eigenvalue weighted by atomic mass is 32.2. The minimum absolute atomic E-state index is 0.0213. The van der Waals surface area contributed by atoms with Crippen LogP contribution >= 0.6 is 0 Å². The number of ether oxygens (including phenoxy) is 1. The standard InChI is InChI=1S/C11H17N3O4S/c1-8-2-3-10(9(12)6-8)19(16,17)14-4-5-18-7-11(13)15/h2-3,6,14H,4-5,7,12H2,1H3,(H2,13,15). The van der Waals surface area contributed by atoms with Gasteiger partial charge >= 0.3 is 0 Å². The van der Waals surface area contributed by atoms with Gasteiger partial charge in [-0.2, -0.15) is 0 Å². The number of nitrogen functional groups attached to an aromatic ring is 1. The molecule has 19 heavy (non-hydrogen) atoms. The number of amides is 1. The maximum atomic E-state index is 11.9. The molecule has 1 aromatic carbocycles. The van der Waals surface area contributed by atoms with Gasteiger partial charge < -0.3 is 16.2 Å². The van der Waals surface area contributed by atoms with Gasteiger partial charge in [-0.3, -0.25) is 4.79 Å². The van der Waals surface area contributed by atoms with Gasteiger partial charge in [0.2, 0.25) is 15.9 Å². The van der Waals surface area contributed by atoms with Crippen molar-refractivity contribution < 1.29 is 17.9 Å². The van der Waals surface area contributed by atoms with Crippen LogP contribution in [-0.4, -0.2) is 34.1 Å². The Balaban J connectivity index is 2.59. The number of hydrogen-bond donors (Lipinski definition) is 3. The number of nitrogens with two attached hydrogens (primary N) is 2. The van der Waals surface area contributed by atoms with Gasteiger partial charge in [-0.15, -0.1) is 0 Å². The minimum Gasteiger partial charge on any atom is -0.398 e. The van der Waals surface area contributed by atoms with E-state index in [2.05, 4.69) is 4.72 Å². The second kappa shape index (κ2) is 6.50. The Hall–Kier alpha value is -1.64. The molecule has 0 unspecified atom stereocenters. The zero-order valence-corrected chi connectivity index (χ0v) is 11.4. The van der Waals surface area contributed by atoms with Crippen LogP contribution in [-0.2, 0) is 19.6 Å². The van der Waals surface area contributed by atoms with Crippen LogP contribution < -0.4 is 16.2 Å². The van der Waals surface area contributed by atoms with Crippen molar-refractivity contribution in [1.29, 1.82) is 0 Å². The highest BCUT2D eigenvalue weighted by Gasteiger charge is 2.16. The highest BCUT2D eigenvalue weighted by molar-refractivity contribution is 7.89. The SMILES string of the molecule is Cc1ccc(S(=O)(=O)NCCOCC(N)=O)c(N)c1. The average molecular weight is 287 g/mol. The third kappa shape index (κ3) is 4.86. The fourth-order valence-corrected chi connectivity index (χ4v) is 2.54. The summed E-state index contributed by atoms with van der Waals surface area (Å²) in [6, 6.07) is 4.68. The van der Waals surface area contributed by atoms with Crippen LogP contribution in [0.2, 0.25) is 0 Å². The number of anilines is 1. The Morgan fingerprint density at radius 3 is 2.68 bits per heavy atom. The van der Waals surface area contributed by atoms with Crippen molar-refractivity contribution in [3.05, 3.63) is 23.8 Å². The van der Waals surface area contributed by atoms with Gasteiger partial charge in [-0.05, 0) is 24.6 Å². The molecule has 0 bridgehead atoms. The first-order chi connectivity index (χ1) is 8.83. The summed E-state index contributed by atoms with van der Waals surface area (Å²) in [4.78, 5) is 10.4. The smallest absolute Gasteiger partial charge is 0.243 e. The predicted molar refractivity (Wildman–Crippen MR) is 70.8 cm³/mol. The van der Waals surface area contributed by atoms with Crippen LogP contribution in [0.1, 0.15) is 5.56 Å². The van der Waals surface area contributed by atoms with Gasteiger partial charge in [0.15, 0.2) is 0 Å². The normalized spacial score (nSPS) is 11.4. The van der Waals surface area contributed by atoms with Crippen LogP contribution in [0, 0.1) is 6.92 Å². The fraction of sp³-hybridized carbons (Fsp3) is 0.364. The third-order valence-electron chi connectivity index (χ3n) is 2.24. The lowest BCUT2D eigenvalue weighted by atomic mass is 10.2. The van der Waals surface area contributed by atoms with Crippen molar-refractivity contribution in [2.45, 2.75) is 11.8 Å². The molecule has 0 heterocycles. The molecule has 0 saturated carbocycles. The van der Waals surface area contributed by atoms with Crippen LogP contribution in [0.3, 0.4) is 0 Å². The first-order valence-electron chi connectivity index (χ1n) is 5.55. The first kappa shape index (κ1) is 15.4. The summed E-state index contributed by atoms with van der Waals surface area (Å²) >= 11 is 0. The van der Waals surface area contributed by atoms with Crippen LogP contribution in [0.5, 0.6) is 0 Å². The molecule has 7 nitrogen and oxygen atoms in total. The monoisotopic (exact) mass is 287 g/mol. The first-order valence-corrected chi connectivity index (χ1v) is 7.03. The number of primary amides is 1. The van der Waals surface area contributed by atoms with Crippen LogP contribution in [0.25, 0.3) is 0 Å². The Labute approximate surface area is 112 Å². The molecule has 1 amide bonds. The summed E-state index contributed by atoms with van der Waals surface area (Å²) in [6.45, 7) is 1.66. The Kier molecular flexibility index (Phi) is 5.28. The summed E-state index contributed by atoms with van der Waals surface area (Å²) in [6.07, 6.45) is 0. The molecule has 106 valence electrons. The molecule has 0 fully saturated rings. The van der Waals surface area contributed by atoms with Gasteiger partial charge in [-0.25, -0.2) is 13.1 Å². The van der Waals surface area contributed by atoms with E-state index < -0.39 is 15.9 Å². The minimum atomic E-state index is -3.68. The number of aryl methyl sites for hydroxylation is 1. The van der Waals surface area contributed by atoms with Gasteiger partial charge in [-0.1, -0.05) is 6.07 Å². The lowest BCUT2D eigenvalue weighted by molar-refractivity contribution is -0.122. The molecule has 1 aromatic rings. The van der Waals surface area contributed by atoms with Crippen molar-refractivity contribution in [3.63, 3.8) is 0 Å². The molecular formula is C11H17N3O4S. The summed E-state index contributed by atoms with van der Waals surface area (Å²) in [7, 11) is -3.68. The van der Waals surface area contributed by atoms with E-state index in [-0.39, 0.29) is 30.3 Å². The lowest BCUT2D eigenvalue weighted by Crippen LogP contribution is -2.29. The van der Waals surface area contributed by atoms with E-state index in [0.717, 1.165) is 5.56 Å². The zero-order chi connectivity index (χ0) is 14.5. The number of nitrogens with one attached hydrogen (secondary N) is 1. The van der Waals surface area contributed by atoms with Crippen LogP contribution in [0.15, 0.2) is 23.1 Å². The average Bonchev–Trinajstić information content (AvgIpc) is 2.27. The Morgan fingerprint density at radius 1 is 1.42 bits per heavy atom. The molecule has 0 saturated heterocycles. The van der Waals surface area contributed by atoms with Crippen molar-refractivity contribution in [3.8, 4) is 0 Å². The zero-order valence-electron chi connectivity index (χ0n) is 10.5. The summed E-state index contributed by atoms with van der Waals surface area (Å²) in [5, 5.41) is 0. The maximum Gasteiger partial charge on any atom is 0.243 e. The van der Waals surface area contributed by atoms with Crippen molar-refractivity contribution in [2.75, 3.05) is 25.5 Å². The lowest BCUT2D eigenvalue weighted by Gasteiger charge is -2.09. The van der Waals surface area contributed by atoms with E-state index in [9.17, 15) is 13.2 Å². The van der Waals surface area contributed by atoms with Crippen molar-refractivity contribution >= 4 is 21.6 Å². The van der Waals surface area contributed by atoms with E-state index in [1.165, 1.54) is 6.07 Å². The summed E-state index contributed by atoms with van der Waals surface area (Å²) in [5.41, 5.74) is 11.6. The van der Waals surface area contributed by atoms with Crippen molar-refractivity contribution in [1.82, 2.24) is 4.72 Å². The van der Waals surface area contributed by atoms with E-state index in [1.54, 1.807) is 12.1 Å².